The van der Waals surface area contributed by atoms with Crippen molar-refractivity contribution in [2.75, 3.05) is 0 Å². The normalized spacial score (nSPS) is 26.5. The number of phenolic OH excluding ortho intramolecular Hbond substituents is 2. The Balaban J connectivity index is 0.000000171. The fourth-order valence-corrected chi connectivity index (χ4v) is 4.70. The standard InChI is InChI=1S/C13H24O2.C13H12O2/c2*14-12-5-1-10(2-6-12)9-11-3-7-13(15)8-4-11/h10-15H,1-9H2;1-8,14-15H,9H2. The SMILES string of the molecule is OC1CCC(CC2CCC(O)CC2)CC1.Oc1ccc(Cc2ccc(O)cc2)cc1. The van der Waals surface area contributed by atoms with Gasteiger partial charge < -0.3 is 20.4 Å². The van der Waals surface area contributed by atoms with E-state index < -0.39 is 0 Å². The van der Waals surface area contributed by atoms with Crippen LogP contribution in [-0.2, 0) is 6.42 Å². The molecule has 0 aliphatic heterocycles. The van der Waals surface area contributed by atoms with Gasteiger partial charge in [-0.15, -0.1) is 0 Å². The van der Waals surface area contributed by atoms with Gasteiger partial charge in [0.05, 0.1) is 12.2 Å². The molecule has 4 heteroatoms. The molecule has 0 amide bonds. The summed E-state index contributed by atoms with van der Waals surface area (Å²) in [6.45, 7) is 0. The number of hydrogen-bond acceptors (Lipinski definition) is 4. The third-order valence-corrected chi connectivity index (χ3v) is 6.58. The average Bonchev–Trinajstić information content (AvgIpc) is 2.75. The molecule has 2 aliphatic carbocycles. The molecule has 30 heavy (non-hydrogen) atoms. The molecule has 4 nitrogen and oxygen atoms in total. The maximum absolute atomic E-state index is 9.43. The lowest BCUT2D eigenvalue weighted by Crippen LogP contribution is -2.23. The lowest BCUT2D eigenvalue weighted by Gasteiger charge is -2.31. The Labute approximate surface area is 180 Å². The highest BCUT2D eigenvalue weighted by Crippen LogP contribution is 2.35. The molecule has 0 saturated heterocycles. The number of benzene rings is 2. The first-order valence-corrected chi connectivity index (χ1v) is 11.4. The Morgan fingerprint density at radius 1 is 0.533 bits per heavy atom. The van der Waals surface area contributed by atoms with Gasteiger partial charge in [0.1, 0.15) is 11.5 Å². The van der Waals surface area contributed by atoms with Crippen LogP contribution in [-0.4, -0.2) is 32.6 Å². The van der Waals surface area contributed by atoms with Crippen molar-refractivity contribution in [1.29, 1.82) is 0 Å². The van der Waals surface area contributed by atoms with Crippen LogP contribution < -0.4 is 0 Å². The Bertz CT molecular complexity index is 661. The number of aromatic hydroxyl groups is 2. The first-order valence-electron chi connectivity index (χ1n) is 11.4. The summed E-state index contributed by atoms with van der Waals surface area (Å²) in [5.41, 5.74) is 2.27. The summed E-state index contributed by atoms with van der Waals surface area (Å²) >= 11 is 0. The molecule has 0 heterocycles. The molecule has 2 aromatic carbocycles. The van der Waals surface area contributed by atoms with Gasteiger partial charge in [-0.3, -0.25) is 0 Å². The topological polar surface area (TPSA) is 80.9 Å². The summed E-state index contributed by atoms with van der Waals surface area (Å²) < 4.78 is 0. The quantitative estimate of drug-likeness (QED) is 0.559. The molecule has 2 saturated carbocycles. The Morgan fingerprint density at radius 2 is 0.867 bits per heavy atom. The lowest BCUT2D eigenvalue weighted by molar-refractivity contribution is 0.0803. The molecule has 0 bridgehead atoms. The monoisotopic (exact) mass is 412 g/mol. The summed E-state index contributed by atoms with van der Waals surface area (Å²) in [5.74, 6) is 2.27. The maximum Gasteiger partial charge on any atom is 0.115 e. The van der Waals surface area contributed by atoms with Crippen molar-refractivity contribution in [3.63, 3.8) is 0 Å². The third kappa shape index (κ3) is 7.66. The van der Waals surface area contributed by atoms with Crippen LogP contribution in [0.3, 0.4) is 0 Å². The van der Waals surface area contributed by atoms with E-state index >= 15 is 0 Å². The van der Waals surface area contributed by atoms with E-state index in [-0.39, 0.29) is 23.7 Å². The van der Waals surface area contributed by atoms with Crippen molar-refractivity contribution in [2.24, 2.45) is 11.8 Å². The summed E-state index contributed by atoms with van der Waals surface area (Å²) in [5, 5.41) is 37.1. The minimum absolute atomic E-state index is 0.0190. The first-order chi connectivity index (χ1) is 14.5. The van der Waals surface area contributed by atoms with Gasteiger partial charge in [0.25, 0.3) is 0 Å². The summed E-state index contributed by atoms with van der Waals surface area (Å²) in [6, 6.07) is 14.3. The second-order valence-electron chi connectivity index (χ2n) is 9.09. The van der Waals surface area contributed by atoms with Crippen LogP contribution in [0.25, 0.3) is 0 Å². The minimum atomic E-state index is -0.0190. The third-order valence-electron chi connectivity index (χ3n) is 6.58. The summed E-state index contributed by atoms with van der Waals surface area (Å²) in [6.07, 6.45) is 11.1. The van der Waals surface area contributed by atoms with Crippen LogP contribution in [0.4, 0.5) is 0 Å². The van der Waals surface area contributed by atoms with Crippen molar-refractivity contribution < 1.29 is 20.4 Å². The molecular formula is C26H36O4. The average molecular weight is 413 g/mol. The molecule has 4 N–H and O–H groups in total. The number of phenols is 2. The van der Waals surface area contributed by atoms with Crippen molar-refractivity contribution in [1.82, 2.24) is 0 Å². The Morgan fingerprint density at radius 3 is 1.20 bits per heavy atom. The molecule has 164 valence electrons. The van der Waals surface area contributed by atoms with Crippen LogP contribution in [0, 0.1) is 11.8 Å². The van der Waals surface area contributed by atoms with Crippen LogP contribution in [0.1, 0.15) is 68.9 Å². The van der Waals surface area contributed by atoms with Crippen LogP contribution in [0.15, 0.2) is 48.5 Å². The minimum Gasteiger partial charge on any atom is -0.508 e. The Hall–Kier alpha value is -2.04. The van der Waals surface area contributed by atoms with E-state index in [9.17, 15) is 10.2 Å². The molecule has 2 fully saturated rings. The largest absolute Gasteiger partial charge is 0.508 e. The zero-order chi connectivity index (χ0) is 21.3. The molecule has 0 unspecified atom stereocenters. The fraction of sp³-hybridized carbons (Fsp3) is 0.538. The molecule has 0 aromatic heterocycles. The van der Waals surface area contributed by atoms with Gasteiger partial charge in [0.15, 0.2) is 0 Å². The van der Waals surface area contributed by atoms with Crippen LogP contribution in [0.2, 0.25) is 0 Å². The molecule has 4 rings (SSSR count). The predicted octanol–water partition coefficient (Wildman–Crippen LogP) is 5.17. The highest BCUT2D eigenvalue weighted by atomic mass is 16.3. The lowest BCUT2D eigenvalue weighted by atomic mass is 9.76. The van der Waals surface area contributed by atoms with E-state index in [0.717, 1.165) is 55.1 Å². The van der Waals surface area contributed by atoms with Gasteiger partial charge >= 0.3 is 0 Å². The zero-order valence-electron chi connectivity index (χ0n) is 17.8. The number of rotatable bonds is 4. The Kier molecular flexibility index (Phi) is 8.59. The first kappa shape index (κ1) is 22.6. The maximum atomic E-state index is 9.43. The smallest absolute Gasteiger partial charge is 0.115 e. The highest BCUT2D eigenvalue weighted by Gasteiger charge is 2.25. The van der Waals surface area contributed by atoms with Gasteiger partial charge in [0.2, 0.25) is 0 Å². The van der Waals surface area contributed by atoms with Crippen molar-refractivity contribution >= 4 is 0 Å². The predicted molar refractivity (Wildman–Crippen MR) is 120 cm³/mol. The van der Waals surface area contributed by atoms with Gasteiger partial charge in [0, 0.05) is 0 Å². The molecule has 0 atom stereocenters. The highest BCUT2D eigenvalue weighted by molar-refractivity contribution is 5.33. The van der Waals surface area contributed by atoms with Gasteiger partial charge in [-0.05, 0) is 111 Å². The number of aliphatic hydroxyl groups is 2. The summed E-state index contributed by atoms with van der Waals surface area (Å²) in [4.78, 5) is 0. The van der Waals surface area contributed by atoms with E-state index in [0.29, 0.717) is 0 Å². The van der Waals surface area contributed by atoms with E-state index in [4.69, 9.17) is 10.2 Å². The van der Waals surface area contributed by atoms with E-state index in [2.05, 4.69) is 0 Å². The molecule has 2 aromatic rings. The van der Waals surface area contributed by atoms with Crippen molar-refractivity contribution in [3.05, 3.63) is 59.7 Å². The van der Waals surface area contributed by atoms with Crippen molar-refractivity contribution in [2.45, 2.75) is 76.4 Å². The zero-order valence-corrected chi connectivity index (χ0v) is 17.8. The molecule has 0 radical (unpaired) electrons. The second-order valence-corrected chi connectivity index (χ2v) is 9.09. The van der Waals surface area contributed by atoms with Gasteiger partial charge in [-0.2, -0.15) is 0 Å². The molecular weight excluding hydrogens is 376 g/mol. The van der Waals surface area contributed by atoms with E-state index in [1.165, 1.54) is 32.1 Å². The van der Waals surface area contributed by atoms with Crippen molar-refractivity contribution in [3.8, 4) is 11.5 Å². The molecule has 2 aliphatic rings. The number of hydrogen-bond donors (Lipinski definition) is 4. The van der Waals surface area contributed by atoms with E-state index in [1.807, 2.05) is 24.3 Å². The van der Waals surface area contributed by atoms with E-state index in [1.54, 1.807) is 24.3 Å². The van der Waals surface area contributed by atoms with Crippen LogP contribution in [0.5, 0.6) is 11.5 Å². The summed E-state index contributed by atoms with van der Waals surface area (Å²) in [7, 11) is 0. The van der Waals surface area contributed by atoms with Crippen LogP contribution >= 0.6 is 0 Å². The second kappa shape index (κ2) is 11.4. The fourth-order valence-electron chi connectivity index (χ4n) is 4.70. The number of aliphatic hydroxyl groups excluding tert-OH is 2. The van der Waals surface area contributed by atoms with Gasteiger partial charge in [-0.1, -0.05) is 24.3 Å². The van der Waals surface area contributed by atoms with Gasteiger partial charge in [-0.25, -0.2) is 0 Å². The molecule has 0 spiro atoms.